The zero-order valence-electron chi connectivity index (χ0n) is 24.4. The summed E-state index contributed by atoms with van der Waals surface area (Å²) in [6.07, 6.45) is 0. The first-order chi connectivity index (χ1) is 15.5. The van der Waals surface area contributed by atoms with Crippen LogP contribution in [0.25, 0.3) is 21.5 Å². The summed E-state index contributed by atoms with van der Waals surface area (Å²) in [5, 5.41) is 8.96. The maximum atomic E-state index is 2.41. The minimum atomic E-state index is -1.16. The molecule has 196 valence electrons. The van der Waals surface area contributed by atoms with Crippen LogP contribution in [0.2, 0.25) is 52.4 Å². The van der Waals surface area contributed by atoms with Crippen LogP contribution in [0.5, 0.6) is 0 Å². The molecule has 0 aliphatic rings. The summed E-state index contributed by atoms with van der Waals surface area (Å²) in [5.41, 5.74) is 5.87. The normalized spacial score (nSPS) is 11.1. The number of rotatable bonds is 2. The summed E-state index contributed by atoms with van der Waals surface area (Å²) < 4.78 is 0. The van der Waals surface area contributed by atoms with E-state index in [1.807, 2.05) is 0 Å². The van der Waals surface area contributed by atoms with Gasteiger partial charge in [0.15, 0.2) is 0 Å². The van der Waals surface area contributed by atoms with E-state index >= 15 is 0 Å². The molecule has 0 aliphatic heterocycles. The average molecular weight is 738 g/mol. The fraction of sp³-hybridized carbons (Fsp3) is 0.400. The van der Waals surface area contributed by atoms with Gasteiger partial charge in [0.1, 0.15) is 0 Å². The zero-order chi connectivity index (χ0) is 26.0. The van der Waals surface area contributed by atoms with E-state index < -0.39 is 16.1 Å². The quantitative estimate of drug-likeness (QED) is 0.219. The van der Waals surface area contributed by atoms with Gasteiger partial charge in [0, 0.05) is 0 Å². The summed E-state index contributed by atoms with van der Waals surface area (Å²) in [6.45, 7) is 27.9. The smallest absolute Gasteiger partial charge is 0.0564 e. The Labute approximate surface area is 250 Å². The Morgan fingerprint density at radius 3 is 1.06 bits per heavy atom. The van der Waals surface area contributed by atoms with Gasteiger partial charge >= 0.3 is 41.6 Å². The summed E-state index contributed by atoms with van der Waals surface area (Å²) in [7, 11) is -2.32. The maximum absolute atomic E-state index is 2.41. The third-order valence-electron chi connectivity index (χ3n) is 6.38. The van der Waals surface area contributed by atoms with Gasteiger partial charge < -0.3 is 24.8 Å². The SMILES string of the molecule is C[Si](C)=[Hf+2].Cc1ccc(C)c2[cH-]c([Si](C)(C)C)cc12.Cc1ccc(C)c2[cH-]c([Si](C)(C)C)cc12.[Cl-].[Cl-]. The van der Waals surface area contributed by atoms with Crippen molar-refractivity contribution in [3.05, 3.63) is 70.8 Å². The molecule has 0 atom stereocenters. The molecule has 0 saturated heterocycles. The van der Waals surface area contributed by atoms with Crippen LogP contribution in [0.15, 0.2) is 48.5 Å². The number of fused-ring (bicyclic) bond motifs is 2. The van der Waals surface area contributed by atoms with Gasteiger partial charge in [-0.1, -0.05) is 76.4 Å². The molecule has 0 amide bonds. The molecule has 6 heteroatoms. The fourth-order valence-electron chi connectivity index (χ4n) is 4.05. The molecule has 4 rings (SSSR count). The summed E-state index contributed by atoms with van der Waals surface area (Å²) >= 11 is 1.45. The zero-order valence-corrected chi connectivity index (χ0v) is 32.5. The van der Waals surface area contributed by atoms with Crippen LogP contribution in [-0.4, -0.2) is 21.6 Å². The van der Waals surface area contributed by atoms with Crippen LogP contribution in [0, 0.1) is 27.7 Å². The second-order valence-electron chi connectivity index (χ2n) is 12.0. The predicted octanol–water partition coefficient (Wildman–Crippen LogP) is 2.23. The van der Waals surface area contributed by atoms with Gasteiger partial charge in [-0.2, -0.15) is 12.1 Å². The second-order valence-corrected chi connectivity index (χ2v) is 35.0. The van der Waals surface area contributed by atoms with E-state index in [1.165, 1.54) is 66.8 Å². The van der Waals surface area contributed by atoms with Crippen molar-refractivity contribution in [2.24, 2.45) is 0 Å². The molecule has 0 aromatic heterocycles. The van der Waals surface area contributed by atoms with Crippen LogP contribution in [0.3, 0.4) is 0 Å². The molecule has 0 unspecified atom stereocenters. The number of halogens is 2. The minimum absolute atomic E-state index is 0. The monoisotopic (exact) mass is 738 g/mol. The van der Waals surface area contributed by atoms with Crippen LogP contribution in [0.1, 0.15) is 22.3 Å². The first-order valence-corrected chi connectivity index (χ1v) is 27.3. The molecule has 0 fully saturated rings. The Hall–Kier alpha value is -0.239. The summed E-state index contributed by atoms with van der Waals surface area (Å²) in [4.78, 5) is 0. The van der Waals surface area contributed by atoms with Crippen molar-refractivity contribution in [1.29, 1.82) is 0 Å². The minimum Gasteiger partial charge on any atom is -1.00 e. The number of aryl methyl sites for hydroxylation is 4. The molecule has 0 radical (unpaired) electrons. The van der Waals surface area contributed by atoms with Crippen molar-refractivity contribution in [3.63, 3.8) is 0 Å². The van der Waals surface area contributed by atoms with Gasteiger partial charge in [0.25, 0.3) is 0 Å². The molecular formula is C30H44Cl2HfSi3-2. The molecule has 0 saturated carbocycles. The van der Waals surface area contributed by atoms with Crippen molar-refractivity contribution in [3.8, 4) is 0 Å². The van der Waals surface area contributed by atoms with Gasteiger partial charge in [0.2, 0.25) is 0 Å². The molecule has 0 aliphatic carbocycles. The number of benzene rings is 2. The van der Waals surface area contributed by atoms with Crippen LogP contribution in [-0.2, 0) is 23.0 Å². The largest absolute Gasteiger partial charge is 1.00 e. The Morgan fingerprint density at radius 1 is 0.583 bits per heavy atom. The molecular weight excluding hydrogens is 694 g/mol. The third-order valence-corrected chi connectivity index (χ3v) is 10.4. The maximum Gasteiger partial charge on any atom is 0.0564 e. The molecule has 0 spiro atoms. The van der Waals surface area contributed by atoms with Gasteiger partial charge in [-0.25, -0.2) is 0 Å². The standard InChI is InChI=1S/2C14H19Si.C2H6Si.2ClH.Hf/c2*1-10-6-7-11(2)14-9-12(8-13(10)14)15(3,4)5;1-3-2;;;/h2*6-9H,1-5H3;1-2H3;2*1H;/q2*-1;;;;+2/p-2. The topological polar surface area (TPSA) is 0 Å². The Kier molecular flexibility index (Phi) is 14.1. The Bertz CT molecular complexity index is 1120. The van der Waals surface area contributed by atoms with Crippen molar-refractivity contribution in [1.82, 2.24) is 0 Å². The molecule has 36 heavy (non-hydrogen) atoms. The van der Waals surface area contributed by atoms with Gasteiger partial charge in [-0.15, -0.1) is 67.3 Å². The first kappa shape index (κ1) is 35.8. The van der Waals surface area contributed by atoms with Crippen molar-refractivity contribution in [2.45, 2.75) is 80.1 Å². The molecule has 4 aromatic carbocycles. The van der Waals surface area contributed by atoms with E-state index in [0.29, 0.717) is 0 Å². The summed E-state index contributed by atoms with van der Waals surface area (Å²) in [5.74, 6) is 0. The number of hydrogen-bond acceptors (Lipinski definition) is 0. The second kappa shape index (κ2) is 14.2. The van der Waals surface area contributed by atoms with E-state index in [2.05, 4.69) is 129 Å². The predicted molar refractivity (Wildman–Crippen MR) is 161 cm³/mol. The molecule has 4 aromatic rings. The van der Waals surface area contributed by atoms with Crippen LogP contribution < -0.4 is 35.2 Å². The molecule has 0 nitrogen and oxygen atoms in total. The summed E-state index contributed by atoms with van der Waals surface area (Å²) in [6, 6.07) is 18.5. The van der Waals surface area contributed by atoms with Gasteiger partial charge in [0.05, 0.1) is 16.1 Å². The van der Waals surface area contributed by atoms with Gasteiger partial charge in [-0.05, 0) is 13.8 Å². The van der Waals surface area contributed by atoms with E-state index in [-0.39, 0.29) is 30.3 Å². The molecule has 0 N–H and O–H groups in total. The average Bonchev–Trinajstić information content (AvgIpc) is 3.34. The van der Waals surface area contributed by atoms with Gasteiger partial charge in [-0.3, -0.25) is 0 Å². The van der Waals surface area contributed by atoms with Crippen LogP contribution in [0.4, 0.5) is 0 Å². The van der Waals surface area contributed by atoms with Crippen molar-refractivity contribution < 1.29 is 47.8 Å². The van der Waals surface area contributed by atoms with Crippen molar-refractivity contribution in [2.75, 3.05) is 0 Å². The van der Waals surface area contributed by atoms with Crippen molar-refractivity contribution >= 4 is 53.6 Å². The van der Waals surface area contributed by atoms with E-state index in [0.717, 1.165) is 0 Å². The Balaban J connectivity index is 0.000000566. The van der Waals surface area contributed by atoms with E-state index in [4.69, 9.17) is 0 Å². The molecule has 0 heterocycles. The first-order valence-electron chi connectivity index (χ1n) is 12.4. The Morgan fingerprint density at radius 2 is 0.833 bits per heavy atom. The fourth-order valence-corrected chi connectivity index (χ4v) is 6.36. The number of hydrogen-bond donors (Lipinski definition) is 0. The molecule has 0 bridgehead atoms. The van der Waals surface area contributed by atoms with E-state index in [1.54, 1.807) is 10.4 Å². The van der Waals surface area contributed by atoms with E-state index in [9.17, 15) is 0 Å². The third kappa shape index (κ3) is 9.50. The van der Waals surface area contributed by atoms with Crippen LogP contribution >= 0.6 is 0 Å².